The molecule has 0 aromatic heterocycles. The number of benzene rings is 2. The van der Waals surface area contributed by atoms with Crippen molar-refractivity contribution in [2.24, 2.45) is 4.99 Å². The number of guanidine groups is 1. The Morgan fingerprint density at radius 3 is 2.90 bits per heavy atom. The van der Waals surface area contributed by atoms with Crippen LogP contribution in [0.1, 0.15) is 17.2 Å². The molecule has 0 saturated carbocycles. The molecule has 21 heavy (non-hydrogen) atoms. The maximum Gasteiger partial charge on any atom is 0.246 e. The van der Waals surface area contributed by atoms with Crippen LogP contribution in [0.25, 0.3) is 0 Å². The maximum absolute atomic E-state index is 13.6. The Balaban J connectivity index is 1.91. The van der Waals surface area contributed by atoms with Crippen LogP contribution >= 0.6 is 0 Å². The lowest BCUT2D eigenvalue weighted by molar-refractivity contribution is -0.118. The van der Waals surface area contributed by atoms with Gasteiger partial charge in [-0.05, 0) is 23.8 Å². The van der Waals surface area contributed by atoms with Gasteiger partial charge in [-0.15, -0.1) is 0 Å². The number of amides is 1. The van der Waals surface area contributed by atoms with E-state index in [1.807, 2.05) is 35.2 Å². The Morgan fingerprint density at radius 2 is 2.05 bits per heavy atom. The first-order chi connectivity index (χ1) is 10.2. The van der Waals surface area contributed by atoms with Crippen LogP contribution in [0.2, 0.25) is 0 Å². The second-order valence-corrected chi connectivity index (χ2v) is 5.13. The topological polar surface area (TPSA) is 44.7 Å². The van der Waals surface area contributed by atoms with Gasteiger partial charge in [-0.1, -0.05) is 30.3 Å². The molecule has 0 radical (unpaired) electrons. The third kappa shape index (κ3) is 1.89. The molecule has 2 aromatic carbocycles. The molecule has 1 saturated heterocycles. The molecule has 104 valence electrons. The quantitative estimate of drug-likeness (QED) is 0.872. The van der Waals surface area contributed by atoms with E-state index in [1.165, 1.54) is 12.1 Å². The zero-order valence-electron chi connectivity index (χ0n) is 11.1. The first-order valence-corrected chi connectivity index (χ1v) is 6.72. The van der Waals surface area contributed by atoms with Gasteiger partial charge in [-0.2, -0.15) is 0 Å². The van der Waals surface area contributed by atoms with Crippen molar-refractivity contribution in [1.82, 2.24) is 10.2 Å². The highest BCUT2D eigenvalue weighted by molar-refractivity contribution is 6.06. The fourth-order valence-corrected chi connectivity index (χ4v) is 2.91. The molecule has 2 aromatic rings. The summed E-state index contributed by atoms with van der Waals surface area (Å²) >= 11 is 0. The van der Waals surface area contributed by atoms with E-state index in [0.29, 0.717) is 5.96 Å². The molecule has 0 bridgehead atoms. The number of hydrogen-bond donors (Lipinski definition) is 1. The Hall–Kier alpha value is -2.69. The number of halogens is 1. The van der Waals surface area contributed by atoms with Gasteiger partial charge in [0.05, 0.1) is 11.7 Å². The predicted octanol–water partition coefficient (Wildman–Crippen LogP) is 2.35. The lowest BCUT2D eigenvalue weighted by atomic mass is 9.94. The number of nitrogens with zero attached hydrogens (tertiary/aromatic N) is 2. The van der Waals surface area contributed by atoms with E-state index in [0.717, 1.165) is 16.8 Å². The van der Waals surface area contributed by atoms with Crippen molar-refractivity contribution in [2.45, 2.75) is 6.04 Å². The second kappa shape index (κ2) is 4.41. The van der Waals surface area contributed by atoms with Gasteiger partial charge in [0, 0.05) is 5.56 Å². The molecule has 1 fully saturated rings. The highest BCUT2D eigenvalue weighted by atomic mass is 19.1. The Morgan fingerprint density at radius 1 is 1.19 bits per heavy atom. The third-order valence-corrected chi connectivity index (χ3v) is 3.77. The van der Waals surface area contributed by atoms with Gasteiger partial charge in [0.25, 0.3) is 0 Å². The van der Waals surface area contributed by atoms with E-state index in [1.54, 1.807) is 6.07 Å². The summed E-state index contributed by atoms with van der Waals surface area (Å²) in [5, 5.41) is 2.75. The molecular weight excluding hydrogens is 269 g/mol. The van der Waals surface area contributed by atoms with Crippen LogP contribution < -0.4 is 5.32 Å². The van der Waals surface area contributed by atoms with E-state index in [9.17, 15) is 9.18 Å². The second-order valence-electron chi connectivity index (χ2n) is 5.13. The largest absolute Gasteiger partial charge is 0.322 e. The molecule has 0 spiro atoms. The number of hydrogen-bond acceptors (Lipinski definition) is 3. The fourth-order valence-electron chi connectivity index (χ4n) is 2.91. The highest BCUT2D eigenvalue weighted by Gasteiger charge is 2.37. The average molecular weight is 281 g/mol. The summed E-state index contributed by atoms with van der Waals surface area (Å²) < 4.78 is 13.6. The highest BCUT2D eigenvalue weighted by Crippen LogP contribution is 2.39. The van der Waals surface area contributed by atoms with Crippen molar-refractivity contribution >= 4 is 17.6 Å². The van der Waals surface area contributed by atoms with E-state index >= 15 is 0 Å². The minimum Gasteiger partial charge on any atom is -0.322 e. The van der Waals surface area contributed by atoms with Crippen LogP contribution in [-0.4, -0.2) is 23.3 Å². The monoisotopic (exact) mass is 281 g/mol. The SMILES string of the molecule is O=C1CN2C(=Nc3ccccc3C2c2cccc(F)c2)N1. The van der Waals surface area contributed by atoms with Crippen molar-refractivity contribution in [1.29, 1.82) is 0 Å². The summed E-state index contributed by atoms with van der Waals surface area (Å²) in [7, 11) is 0. The molecule has 2 aliphatic rings. The van der Waals surface area contributed by atoms with Crippen LogP contribution in [0.15, 0.2) is 53.5 Å². The molecule has 1 N–H and O–H groups in total. The summed E-state index contributed by atoms with van der Waals surface area (Å²) in [6.45, 7) is 0.231. The number of carbonyl (C=O) groups excluding carboxylic acids is 1. The van der Waals surface area contributed by atoms with Crippen molar-refractivity contribution in [2.75, 3.05) is 6.54 Å². The number of carbonyl (C=O) groups is 1. The zero-order chi connectivity index (χ0) is 14.4. The number of aliphatic imine (C=N–C) groups is 1. The van der Waals surface area contributed by atoms with Crippen LogP contribution in [0.3, 0.4) is 0 Å². The molecular formula is C16H12FN3O. The van der Waals surface area contributed by atoms with Gasteiger partial charge in [0.15, 0.2) is 0 Å². The van der Waals surface area contributed by atoms with Gasteiger partial charge in [-0.25, -0.2) is 9.38 Å². The lowest BCUT2D eigenvalue weighted by Gasteiger charge is -2.33. The van der Waals surface area contributed by atoms with Crippen LogP contribution in [0.4, 0.5) is 10.1 Å². The van der Waals surface area contributed by atoms with Gasteiger partial charge >= 0.3 is 0 Å². The van der Waals surface area contributed by atoms with Crippen LogP contribution in [-0.2, 0) is 4.79 Å². The predicted molar refractivity (Wildman–Crippen MR) is 76.6 cm³/mol. The minimum atomic E-state index is -0.285. The Kier molecular flexibility index (Phi) is 2.54. The summed E-state index contributed by atoms with van der Waals surface area (Å²) in [4.78, 5) is 18.0. The van der Waals surface area contributed by atoms with Crippen LogP contribution in [0.5, 0.6) is 0 Å². The summed E-state index contributed by atoms with van der Waals surface area (Å²) in [6.07, 6.45) is 0. The first-order valence-electron chi connectivity index (χ1n) is 6.72. The molecule has 4 rings (SSSR count). The summed E-state index contributed by atoms with van der Waals surface area (Å²) in [5.41, 5.74) is 2.59. The molecule has 0 aliphatic carbocycles. The minimum absolute atomic E-state index is 0.0945. The molecule has 1 amide bonds. The first kappa shape index (κ1) is 12.1. The Labute approximate surface area is 120 Å². The molecule has 1 unspecified atom stereocenters. The number of rotatable bonds is 1. The average Bonchev–Trinajstić information content (AvgIpc) is 2.84. The van der Waals surface area contributed by atoms with Gasteiger partial charge in [0.1, 0.15) is 12.4 Å². The lowest BCUT2D eigenvalue weighted by Crippen LogP contribution is -2.36. The fraction of sp³-hybridized carbons (Fsp3) is 0.125. The van der Waals surface area contributed by atoms with Crippen molar-refractivity contribution in [3.8, 4) is 0 Å². The van der Waals surface area contributed by atoms with Gasteiger partial charge in [-0.3, -0.25) is 10.1 Å². The van der Waals surface area contributed by atoms with Crippen molar-refractivity contribution < 1.29 is 9.18 Å². The molecule has 1 atom stereocenters. The van der Waals surface area contributed by atoms with Crippen molar-refractivity contribution in [3.05, 3.63) is 65.5 Å². The van der Waals surface area contributed by atoms with Gasteiger partial charge < -0.3 is 4.90 Å². The van der Waals surface area contributed by atoms with E-state index in [-0.39, 0.29) is 24.3 Å². The van der Waals surface area contributed by atoms with Crippen molar-refractivity contribution in [3.63, 3.8) is 0 Å². The number of nitrogens with one attached hydrogen (secondary N) is 1. The standard InChI is InChI=1S/C16H12FN3O/c17-11-5-3-4-10(8-11)15-12-6-1-2-7-13(12)18-16-19-14(21)9-20(15)16/h1-8,15H,9H2,(H,18,19,21). The molecule has 2 aliphatic heterocycles. The normalized spacial score (nSPS) is 19.7. The zero-order valence-corrected chi connectivity index (χ0v) is 11.1. The van der Waals surface area contributed by atoms with E-state index in [2.05, 4.69) is 10.3 Å². The molecule has 2 heterocycles. The summed E-state index contributed by atoms with van der Waals surface area (Å²) in [6, 6.07) is 14.0. The van der Waals surface area contributed by atoms with E-state index in [4.69, 9.17) is 0 Å². The molecule has 5 heteroatoms. The van der Waals surface area contributed by atoms with Gasteiger partial charge in [0.2, 0.25) is 11.9 Å². The number of para-hydroxylation sites is 1. The smallest absolute Gasteiger partial charge is 0.246 e. The third-order valence-electron chi connectivity index (χ3n) is 3.77. The Bertz CT molecular complexity index is 772. The number of fused-ring (bicyclic) bond motifs is 2. The van der Waals surface area contributed by atoms with E-state index < -0.39 is 0 Å². The molecule has 4 nitrogen and oxygen atoms in total. The summed E-state index contributed by atoms with van der Waals surface area (Å²) in [5.74, 6) is 0.156. The van der Waals surface area contributed by atoms with Crippen LogP contribution in [0, 0.1) is 5.82 Å². The maximum atomic E-state index is 13.6.